The maximum Gasteiger partial charge on any atom is 0.322 e. The van der Waals surface area contributed by atoms with E-state index in [-0.39, 0.29) is 17.5 Å². The number of nitrogens with zero attached hydrogens (tertiary/aromatic N) is 3. The average Bonchev–Trinajstić information content (AvgIpc) is 3.25. The minimum atomic E-state index is -0.478. The first-order valence-electron chi connectivity index (χ1n) is 6.49. The summed E-state index contributed by atoms with van der Waals surface area (Å²) < 4.78 is 20.4. The van der Waals surface area contributed by atoms with Crippen molar-refractivity contribution in [3.63, 3.8) is 0 Å². The van der Waals surface area contributed by atoms with Crippen LogP contribution in [-0.2, 0) is 0 Å². The van der Waals surface area contributed by atoms with Crippen molar-refractivity contribution < 1.29 is 23.2 Å². The molecular weight excluding hydrogens is 304 g/mol. The molecule has 2 heterocycles. The van der Waals surface area contributed by atoms with Gasteiger partial charge in [0.2, 0.25) is 5.76 Å². The van der Waals surface area contributed by atoms with Gasteiger partial charge in [-0.25, -0.2) is 0 Å². The fraction of sp³-hybridized carbons (Fsp3) is 0.143. The first kappa shape index (κ1) is 14.6. The van der Waals surface area contributed by atoms with Crippen LogP contribution in [0.15, 0.2) is 39.4 Å². The normalized spacial score (nSPS) is 10.3. The zero-order valence-electron chi connectivity index (χ0n) is 12.3. The molecule has 1 aromatic carbocycles. The second-order valence-electron chi connectivity index (χ2n) is 4.31. The van der Waals surface area contributed by atoms with Crippen LogP contribution in [0.1, 0.15) is 10.4 Å². The highest BCUT2D eigenvalue weighted by atomic mass is 16.5. The van der Waals surface area contributed by atoms with Gasteiger partial charge in [-0.2, -0.15) is 0 Å². The Hall–Kier alpha value is -3.36. The zero-order chi connectivity index (χ0) is 16.2. The van der Waals surface area contributed by atoms with Gasteiger partial charge in [0.25, 0.3) is 11.8 Å². The van der Waals surface area contributed by atoms with Gasteiger partial charge in [0.05, 0.1) is 26.0 Å². The van der Waals surface area contributed by atoms with Gasteiger partial charge in [0, 0.05) is 6.07 Å². The van der Waals surface area contributed by atoms with Gasteiger partial charge in [0.15, 0.2) is 0 Å². The molecule has 0 spiro atoms. The maximum atomic E-state index is 12.3. The SMILES string of the molecule is COc1ccc(OC)c(C(=O)Nc2nnc(-c3ccno3)o2)c1. The predicted molar refractivity (Wildman–Crippen MR) is 77.3 cm³/mol. The summed E-state index contributed by atoms with van der Waals surface area (Å²) in [6, 6.07) is 6.34. The van der Waals surface area contributed by atoms with E-state index in [0.29, 0.717) is 17.3 Å². The Morgan fingerprint density at radius 2 is 2.04 bits per heavy atom. The van der Waals surface area contributed by atoms with E-state index in [1.807, 2.05) is 0 Å². The maximum absolute atomic E-state index is 12.3. The van der Waals surface area contributed by atoms with Crippen LogP contribution in [0.25, 0.3) is 11.7 Å². The molecule has 118 valence electrons. The topological polar surface area (TPSA) is 113 Å². The molecular formula is C14H12N4O5. The molecule has 0 saturated carbocycles. The van der Waals surface area contributed by atoms with E-state index in [2.05, 4.69) is 20.7 Å². The van der Waals surface area contributed by atoms with Crippen LogP contribution in [-0.4, -0.2) is 35.5 Å². The van der Waals surface area contributed by atoms with E-state index in [9.17, 15) is 4.79 Å². The molecule has 23 heavy (non-hydrogen) atoms. The number of benzene rings is 1. The number of nitrogens with one attached hydrogen (secondary N) is 1. The van der Waals surface area contributed by atoms with Crippen molar-refractivity contribution in [3.05, 3.63) is 36.0 Å². The lowest BCUT2D eigenvalue weighted by atomic mass is 10.1. The quantitative estimate of drug-likeness (QED) is 0.760. The number of aromatic nitrogens is 3. The first-order chi connectivity index (χ1) is 11.2. The second-order valence-corrected chi connectivity index (χ2v) is 4.31. The van der Waals surface area contributed by atoms with E-state index < -0.39 is 5.91 Å². The molecule has 2 aromatic heterocycles. The van der Waals surface area contributed by atoms with Crippen molar-refractivity contribution in [2.24, 2.45) is 0 Å². The summed E-state index contributed by atoms with van der Waals surface area (Å²) in [5.74, 6) is 0.836. The highest BCUT2D eigenvalue weighted by Gasteiger charge is 2.18. The molecule has 9 nitrogen and oxygen atoms in total. The predicted octanol–water partition coefficient (Wildman–Crippen LogP) is 1.99. The molecule has 0 saturated heterocycles. The third-order valence-corrected chi connectivity index (χ3v) is 2.95. The van der Waals surface area contributed by atoms with Crippen LogP contribution in [0.4, 0.5) is 6.01 Å². The number of ether oxygens (including phenoxy) is 2. The molecule has 0 aliphatic carbocycles. The van der Waals surface area contributed by atoms with E-state index in [1.165, 1.54) is 20.4 Å². The number of carbonyl (C=O) groups is 1. The summed E-state index contributed by atoms with van der Waals surface area (Å²) in [6.07, 6.45) is 1.44. The number of anilines is 1. The van der Waals surface area contributed by atoms with Gasteiger partial charge in [-0.1, -0.05) is 10.3 Å². The molecule has 1 N–H and O–H groups in total. The highest BCUT2D eigenvalue weighted by molar-refractivity contribution is 6.05. The van der Waals surface area contributed by atoms with Crippen LogP contribution in [0, 0.1) is 0 Å². The van der Waals surface area contributed by atoms with Crippen molar-refractivity contribution in [1.29, 1.82) is 0 Å². The minimum Gasteiger partial charge on any atom is -0.497 e. The third kappa shape index (κ3) is 2.98. The van der Waals surface area contributed by atoms with Gasteiger partial charge < -0.3 is 18.4 Å². The Morgan fingerprint density at radius 3 is 2.74 bits per heavy atom. The third-order valence-electron chi connectivity index (χ3n) is 2.95. The number of hydrogen-bond donors (Lipinski definition) is 1. The molecule has 0 atom stereocenters. The lowest BCUT2D eigenvalue weighted by molar-refractivity contribution is 0.102. The Kier molecular flexibility index (Phi) is 3.91. The van der Waals surface area contributed by atoms with Crippen LogP contribution in [0.3, 0.4) is 0 Å². The van der Waals surface area contributed by atoms with Crippen LogP contribution >= 0.6 is 0 Å². The smallest absolute Gasteiger partial charge is 0.322 e. The van der Waals surface area contributed by atoms with Gasteiger partial charge in [-0.15, -0.1) is 5.10 Å². The fourth-order valence-corrected chi connectivity index (χ4v) is 1.86. The molecule has 9 heteroatoms. The highest BCUT2D eigenvalue weighted by Crippen LogP contribution is 2.25. The van der Waals surface area contributed by atoms with Crippen molar-refractivity contribution >= 4 is 11.9 Å². The Bertz CT molecular complexity index is 812. The monoisotopic (exact) mass is 316 g/mol. The Labute approximate surface area is 130 Å². The number of carbonyl (C=O) groups excluding carboxylic acids is 1. The van der Waals surface area contributed by atoms with E-state index >= 15 is 0 Å². The Balaban J connectivity index is 1.82. The van der Waals surface area contributed by atoms with E-state index in [1.54, 1.807) is 24.3 Å². The summed E-state index contributed by atoms with van der Waals surface area (Å²) in [4.78, 5) is 12.3. The summed E-state index contributed by atoms with van der Waals surface area (Å²) in [5, 5.41) is 13.5. The van der Waals surface area contributed by atoms with Crippen molar-refractivity contribution in [3.8, 4) is 23.1 Å². The molecule has 0 unspecified atom stereocenters. The standard InChI is InChI=1S/C14H12N4O5/c1-20-8-3-4-10(21-2)9(7-8)12(19)16-14-18-17-13(22-14)11-5-6-15-23-11/h3-7H,1-2H3,(H,16,18,19). The first-order valence-corrected chi connectivity index (χ1v) is 6.49. The number of methoxy groups -OCH3 is 2. The summed E-state index contributed by atoms with van der Waals surface area (Å²) in [6.45, 7) is 0. The summed E-state index contributed by atoms with van der Waals surface area (Å²) in [7, 11) is 2.97. The van der Waals surface area contributed by atoms with Crippen LogP contribution in [0.5, 0.6) is 11.5 Å². The lowest BCUT2D eigenvalue weighted by Gasteiger charge is -2.09. The number of rotatable bonds is 5. The number of amides is 1. The molecule has 0 radical (unpaired) electrons. The molecule has 0 aliphatic heterocycles. The lowest BCUT2D eigenvalue weighted by Crippen LogP contribution is -2.13. The van der Waals surface area contributed by atoms with Gasteiger partial charge in [-0.3, -0.25) is 10.1 Å². The van der Waals surface area contributed by atoms with Gasteiger partial charge in [-0.05, 0) is 18.2 Å². The summed E-state index contributed by atoms with van der Waals surface area (Å²) in [5.41, 5.74) is 0.270. The summed E-state index contributed by atoms with van der Waals surface area (Å²) >= 11 is 0. The van der Waals surface area contributed by atoms with E-state index in [0.717, 1.165) is 0 Å². The minimum absolute atomic E-state index is 0.0775. The van der Waals surface area contributed by atoms with Crippen molar-refractivity contribution in [1.82, 2.24) is 15.4 Å². The molecule has 0 bridgehead atoms. The molecule has 0 aliphatic rings. The number of hydrogen-bond acceptors (Lipinski definition) is 8. The second kappa shape index (κ2) is 6.18. The molecule has 3 rings (SSSR count). The van der Waals surface area contributed by atoms with E-state index in [4.69, 9.17) is 18.4 Å². The van der Waals surface area contributed by atoms with Crippen molar-refractivity contribution in [2.45, 2.75) is 0 Å². The van der Waals surface area contributed by atoms with Crippen LogP contribution < -0.4 is 14.8 Å². The van der Waals surface area contributed by atoms with Crippen molar-refractivity contribution in [2.75, 3.05) is 19.5 Å². The Morgan fingerprint density at radius 1 is 1.17 bits per heavy atom. The largest absolute Gasteiger partial charge is 0.497 e. The molecule has 0 fully saturated rings. The molecule has 3 aromatic rings. The van der Waals surface area contributed by atoms with Gasteiger partial charge in [0.1, 0.15) is 11.5 Å². The van der Waals surface area contributed by atoms with Crippen LogP contribution in [0.2, 0.25) is 0 Å². The molecule has 1 amide bonds. The van der Waals surface area contributed by atoms with Gasteiger partial charge >= 0.3 is 6.01 Å². The average molecular weight is 316 g/mol. The fourth-order valence-electron chi connectivity index (χ4n) is 1.86. The zero-order valence-corrected chi connectivity index (χ0v) is 12.3.